The minimum absolute atomic E-state index is 0.0693. The van der Waals surface area contributed by atoms with E-state index in [0.29, 0.717) is 11.2 Å². The van der Waals surface area contributed by atoms with Crippen molar-refractivity contribution >= 4 is 28.7 Å². The molecule has 2 heterocycles. The topological polar surface area (TPSA) is 79.7 Å². The van der Waals surface area contributed by atoms with E-state index in [-0.39, 0.29) is 18.1 Å². The lowest BCUT2D eigenvalue weighted by atomic mass is 9.90. The van der Waals surface area contributed by atoms with E-state index in [1.54, 1.807) is 23.2 Å². The van der Waals surface area contributed by atoms with Gasteiger partial charge in [-0.1, -0.05) is 36.8 Å². The Hall–Kier alpha value is -3.39. The number of nitrogens with zero attached hydrogens (tertiary/aromatic N) is 4. The molecule has 4 rings (SSSR count). The van der Waals surface area contributed by atoms with Crippen molar-refractivity contribution in [1.82, 2.24) is 19.6 Å². The van der Waals surface area contributed by atoms with Crippen LogP contribution in [0.3, 0.4) is 0 Å². The molecule has 1 fully saturated rings. The average molecular weight is 478 g/mol. The normalized spacial score (nSPS) is 17.7. The third-order valence-corrected chi connectivity index (χ3v) is 6.46. The molecule has 1 saturated heterocycles. The maximum Gasteiger partial charge on any atom is 0.435 e. The number of aromatic nitrogens is 2. The summed E-state index contributed by atoms with van der Waals surface area (Å²) in [4.78, 5) is 30.0. The van der Waals surface area contributed by atoms with Crippen LogP contribution in [0.2, 0.25) is 0 Å². The van der Waals surface area contributed by atoms with Crippen LogP contribution in [0.5, 0.6) is 0 Å². The molecule has 3 aromatic rings. The van der Waals surface area contributed by atoms with Gasteiger partial charge in [-0.3, -0.25) is 0 Å². The monoisotopic (exact) mass is 477 g/mol. The van der Waals surface area contributed by atoms with Gasteiger partial charge in [-0.2, -0.15) is 9.78 Å². The number of nitrogens with one attached hydrogen (secondary N) is 1. The van der Waals surface area contributed by atoms with Crippen LogP contribution in [-0.2, 0) is 4.74 Å². The predicted molar refractivity (Wildman–Crippen MR) is 138 cm³/mol. The molecule has 2 aromatic carbocycles. The molecule has 0 bridgehead atoms. The van der Waals surface area contributed by atoms with E-state index in [1.807, 2.05) is 52.1 Å². The fourth-order valence-electron chi connectivity index (χ4n) is 4.75. The van der Waals surface area contributed by atoms with Crippen molar-refractivity contribution in [2.45, 2.75) is 57.7 Å². The molecule has 1 aromatic heterocycles. The van der Waals surface area contributed by atoms with Crippen LogP contribution >= 0.6 is 0 Å². The first-order valence-electron chi connectivity index (χ1n) is 12.1. The molecule has 2 amide bonds. The highest BCUT2D eigenvalue weighted by Gasteiger charge is 2.34. The minimum atomic E-state index is -0.616. The van der Waals surface area contributed by atoms with Crippen molar-refractivity contribution in [3.05, 3.63) is 60.3 Å². The molecule has 0 radical (unpaired) electrons. The minimum Gasteiger partial charge on any atom is -0.442 e. The summed E-state index contributed by atoms with van der Waals surface area (Å²) in [5, 5.41) is 7.95. The number of hydrogen-bond donors (Lipinski definition) is 1. The molecule has 186 valence electrons. The smallest absolute Gasteiger partial charge is 0.435 e. The van der Waals surface area contributed by atoms with Crippen molar-refractivity contribution < 1.29 is 14.3 Å². The first kappa shape index (κ1) is 24.7. The van der Waals surface area contributed by atoms with Crippen LogP contribution < -0.4 is 5.32 Å². The number of anilines is 1. The summed E-state index contributed by atoms with van der Waals surface area (Å²) in [6.07, 6.45) is 4.45. The Morgan fingerprint density at radius 2 is 1.89 bits per heavy atom. The molecule has 8 nitrogen and oxygen atoms in total. The van der Waals surface area contributed by atoms with E-state index < -0.39 is 11.7 Å². The molecule has 1 aliphatic rings. The van der Waals surface area contributed by atoms with Crippen molar-refractivity contribution in [2.24, 2.45) is 0 Å². The number of urea groups is 1. The van der Waals surface area contributed by atoms with Gasteiger partial charge in [0.15, 0.2) is 0 Å². The molecule has 1 aliphatic heterocycles. The Kier molecular flexibility index (Phi) is 7.12. The summed E-state index contributed by atoms with van der Waals surface area (Å²) in [6, 6.07) is 15.6. The molecule has 2 atom stereocenters. The molecule has 8 heteroatoms. The summed E-state index contributed by atoms with van der Waals surface area (Å²) in [7, 11) is 4.00. The highest BCUT2D eigenvalue weighted by Crippen LogP contribution is 2.32. The molecular formula is C27H35N5O3. The van der Waals surface area contributed by atoms with Gasteiger partial charge in [-0.25, -0.2) is 9.59 Å². The fraction of sp³-hybridized carbons (Fsp3) is 0.444. The maximum atomic E-state index is 13.4. The van der Waals surface area contributed by atoms with E-state index in [9.17, 15) is 9.59 Å². The third kappa shape index (κ3) is 5.65. The summed E-state index contributed by atoms with van der Waals surface area (Å²) in [5.41, 5.74) is 1.77. The van der Waals surface area contributed by atoms with Gasteiger partial charge in [0.2, 0.25) is 0 Å². The highest BCUT2D eigenvalue weighted by molar-refractivity contribution is 5.94. The molecule has 0 saturated carbocycles. The van der Waals surface area contributed by atoms with Gasteiger partial charge in [-0.15, -0.1) is 0 Å². The molecule has 2 unspecified atom stereocenters. The number of benzene rings is 2. The van der Waals surface area contributed by atoms with Crippen LogP contribution in [0, 0.1) is 0 Å². The molecule has 0 aliphatic carbocycles. The van der Waals surface area contributed by atoms with Crippen molar-refractivity contribution in [2.75, 3.05) is 26.0 Å². The van der Waals surface area contributed by atoms with Crippen LogP contribution in [-0.4, -0.2) is 64.0 Å². The quantitative estimate of drug-likeness (QED) is 0.536. The number of amides is 2. The average Bonchev–Trinajstić information content (AvgIpc) is 3.23. The van der Waals surface area contributed by atoms with Gasteiger partial charge in [0, 0.05) is 24.2 Å². The largest absolute Gasteiger partial charge is 0.442 e. The van der Waals surface area contributed by atoms with Gasteiger partial charge in [-0.05, 0) is 71.0 Å². The van der Waals surface area contributed by atoms with E-state index in [4.69, 9.17) is 4.74 Å². The Balaban J connectivity index is 1.54. The second-order valence-corrected chi connectivity index (χ2v) is 10.3. The van der Waals surface area contributed by atoms with Gasteiger partial charge in [0.25, 0.3) is 0 Å². The second kappa shape index (κ2) is 10.1. The Morgan fingerprint density at radius 3 is 2.57 bits per heavy atom. The SMILES string of the molecule is CN1CCCCC1C(c1ccccc1)N(C)C(=O)Nc1ccc2c(cnn2C(=O)OC(C)(C)C)c1. The lowest BCUT2D eigenvalue weighted by Gasteiger charge is -2.42. The molecule has 0 spiro atoms. The summed E-state index contributed by atoms with van der Waals surface area (Å²) < 4.78 is 6.67. The number of fused-ring (bicyclic) bond motifs is 1. The fourth-order valence-corrected chi connectivity index (χ4v) is 4.75. The van der Waals surface area contributed by atoms with Gasteiger partial charge >= 0.3 is 12.1 Å². The number of likely N-dealkylation sites (N-methyl/N-ethyl adjacent to an activating group) is 2. The number of hydrogen-bond acceptors (Lipinski definition) is 5. The maximum absolute atomic E-state index is 13.4. The summed E-state index contributed by atoms with van der Waals surface area (Å²) in [5.74, 6) is 0. The number of carbonyl (C=O) groups excluding carboxylic acids is 2. The first-order chi connectivity index (χ1) is 16.6. The van der Waals surface area contributed by atoms with Gasteiger partial charge in [0.05, 0.1) is 17.8 Å². The van der Waals surface area contributed by atoms with Crippen LogP contribution in [0.4, 0.5) is 15.3 Å². The second-order valence-electron chi connectivity index (χ2n) is 10.3. The van der Waals surface area contributed by atoms with E-state index in [2.05, 4.69) is 34.5 Å². The van der Waals surface area contributed by atoms with E-state index in [0.717, 1.165) is 30.3 Å². The van der Waals surface area contributed by atoms with Crippen LogP contribution in [0.15, 0.2) is 54.7 Å². The zero-order valence-corrected chi connectivity index (χ0v) is 21.2. The van der Waals surface area contributed by atoms with Crippen LogP contribution in [0.1, 0.15) is 51.6 Å². The van der Waals surface area contributed by atoms with E-state index in [1.165, 1.54) is 11.1 Å². The number of carbonyl (C=O) groups is 2. The highest BCUT2D eigenvalue weighted by atomic mass is 16.6. The Bertz CT molecular complexity index is 1180. The Morgan fingerprint density at radius 1 is 1.14 bits per heavy atom. The molecule has 1 N–H and O–H groups in total. The first-order valence-corrected chi connectivity index (χ1v) is 12.1. The zero-order chi connectivity index (χ0) is 25.2. The van der Waals surface area contributed by atoms with E-state index >= 15 is 0 Å². The lowest BCUT2D eigenvalue weighted by molar-refractivity contribution is 0.0522. The Labute approximate surface area is 206 Å². The van der Waals surface area contributed by atoms with Crippen molar-refractivity contribution in [3.8, 4) is 0 Å². The number of piperidine rings is 1. The van der Waals surface area contributed by atoms with Crippen LogP contribution in [0.25, 0.3) is 10.9 Å². The third-order valence-electron chi connectivity index (χ3n) is 6.46. The van der Waals surface area contributed by atoms with Gasteiger partial charge < -0.3 is 19.9 Å². The number of likely N-dealkylation sites (tertiary alicyclic amines) is 1. The summed E-state index contributed by atoms with van der Waals surface area (Å²) >= 11 is 0. The molecule has 35 heavy (non-hydrogen) atoms. The summed E-state index contributed by atoms with van der Waals surface area (Å²) in [6.45, 7) is 6.47. The van der Waals surface area contributed by atoms with Crippen molar-refractivity contribution in [3.63, 3.8) is 0 Å². The lowest BCUT2D eigenvalue weighted by Crippen LogP contribution is -2.48. The van der Waals surface area contributed by atoms with Gasteiger partial charge in [0.1, 0.15) is 5.60 Å². The molecular weight excluding hydrogens is 442 g/mol. The standard InChI is InChI=1S/C27H35N5O3/c1-27(2,3)35-26(34)32-22-15-14-21(17-20(22)18-28-32)29-25(33)31(5)24(19-11-7-6-8-12-19)23-13-9-10-16-30(23)4/h6-8,11-12,14-15,17-18,23-24H,9-10,13,16H2,1-5H3,(H,29,33). The predicted octanol–water partition coefficient (Wildman–Crippen LogP) is 5.51. The number of rotatable bonds is 4. The zero-order valence-electron chi connectivity index (χ0n) is 21.2. The number of ether oxygens (including phenoxy) is 1. The van der Waals surface area contributed by atoms with Crippen molar-refractivity contribution in [1.29, 1.82) is 0 Å².